The Morgan fingerprint density at radius 3 is 2.50 bits per heavy atom. The number of thioether (sulfide) groups is 1. The highest BCUT2D eigenvalue weighted by atomic mass is 32.2. The zero-order valence-electron chi connectivity index (χ0n) is 24.0. The van der Waals surface area contributed by atoms with Crippen LogP contribution >= 0.6 is 11.8 Å². The monoisotopic (exact) mass is 587 g/mol. The van der Waals surface area contributed by atoms with E-state index in [1.165, 1.54) is 7.11 Å². The molecule has 0 fully saturated rings. The van der Waals surface area contributed by atoms with Crippen LogP contribution in [0.5, 0.6) is 5.75 Å². The van der Waals surface area contributed by atoms with Crippen LogP contribution in [0.4, 0.5) is 17.1 Å². The van der Waals surface area contributed by atoms with Gasteiger partial charge < -0.3 is 20.4 Å². The molecule has 2 aromatic carbocycles. The number of hydrazine groups is 2. The van der Waals surface area contributed by atoms with Crippen LogP contribution in [0.1, 0.15) is 42.3 Å². The molecule has 13 heteroatoms. The normalized spacial score (nSPS) is 17.4. The maximum Gasteiger partial charge on any atom is 0.255 e. The number of aryl methyl sites for hydroxylation is 1. The van der Waals surface area contributed by atoms with Gasteiger partial charge in [-0.25, -0.2) is 8.42 Å². The Labute approximate surface area is 240 Å². The van der Waals surface area contributed by atoms with Gasteiger partial charge >= 0.3 is 0 Å². The number of sulfonamides is 1. The summed E-state index contributed by atoms with van der Waals surface area (Å²) >= 11 is 1.62. The van der Waals surface area contributed by atoms with Crippen molar-refractivity contribution in [2.24, 2.45) is 4.99 Å². The summed E-state index contributed by atoms with van der Waals surface area (Å²) in [4.78, 5) is 20.2. The summed E-state index contributed by atoms with van der Waals surface area (Å²) in [5.74, 6) is -0.134. The minimum atomic E-state index is -3.59. The van der Waals surface area contributed by atoms with Gasteiger partial charge in [-0.2, -0.15) is 0 Å². The van der Waals surface area contributed by atoms with E-state index in [1.54, 1.807) is 30.0 Å². The fraction of sp³-hybridized carbons (Fsp3) is 0.407. The molecule has 2 aromatic rings. The number of amidine groups is 1. The van der Waals surface area contributed by atoms with Crippen molar-refractivity contribution in [3.05, 3.63) is 58.9 Å². The van der Waals surface area contributed by atoms with Gasteiger partial charge in [0.2, 0.25) is 10.0 Å². The van der Waals surface area contributed by atoms with Gasteiger partial charge in [0.15, 0.2) is 10.9 Å². The Morgan fingerprint density at radius 2 is 1.90 bits per heavy atom. The molecule has 40 heavy (non-hydrogen) atoms. The van der Waals surface area contributed by atoms with Crippen LogP contribution in [0.15, 0.2) is 47.2 Å². The molecular formula is C27H37N7O4S2. The smallest absolute Gasteiger partial charge is 0.255 e. The van der Waals surface area contributed by atoms with Gasteiger partial charge in [-0.05, 0) is 54.0 Å². The number of hydrogen-bond acceptors (Lipinski definition) is 10. The quantitative estimate of drug-likeness (QED) is 0.384. The average molecular weight is 588 g/mol. The number of aliphatic imine (C=N–C) groups is 1. The zero-order chi connectivity index (χ0) is 29.4. The number of methoxy groups -OCH3 is 1. The number of rotatable bonds is 7. The van der Waals surface area contributed by atoms with Crippen LogP contribution in [0.25, 0.3) is 0 Å². The van der Waals surface area contributed by atoms with Crippen LogP contribution in [0, 0.1) is 6.92 Å². The van der Waals surface area contributed by atoms with Gasteiger partial charge in [-0.1, -0.05) is 38.6 Å². The Bertz CT molecular complexity index is 1480. The summed E-state index contributed by atoms with van der Waals surface area (Å²) in [7, 11) is -0.130. The fourth-order valence-corrected chi connectivity index (χ4v) is 5.70. The van der Waals surface area contributed by atoms with E-state index in [2.05, 4.69) is 30.9 Å². The third-order valence-electron chi connectivity index (χ3n) is 6.73. The number of likely N-dealkylation sites (N-methyl/N-ethyl adjacent to an activating group) is 1. The minimum Gasteiger partial charge on any atom is -0.492 e. The lowest BCUT2D eigenvalue weighted by Gasteiger charge is -2.24. The van der Waals surface area contributed by atoms with E-state index in [1.807, 2.05) is 64.3 Å². The molecule has 2 aliphatic heterocycles. The predicted octanol–water partition coefficient (Wildman–Crippen LogP) is 3.63. The summed E-state index contributed by atoms with van der Waals surface area (Å²) in [5.41, 5.74) is 10.7. The highest BCUT2D eigenvalue weighted by Gasteiger charge is 2.31. The molecule has 1 unspecified atom stereocenters. The van der Waals surface area contributed by atoms with E-state index in [0.29, 0.717) is 17.8 Å². The molecule has 0 aliphatic carbocycles. The number of benzene rings is 2. The first-order chi connectivity index (χ1) is 18.7. The molecule has 1 atom stereocenters. The van der Waals surface area contributed by atoms with E-state index >= 15 is 0 Å². The van der Waals surface area contributed by atoms with E-state index in [-0.39, 0.29) is 28.8 Å². The summed E-state index contributed by atoms with van der Waals surface area (Å²) in [5, 5.41) is 5.77. The molecule has 11 nitrogen and oxygen atoms in total. The molecule has 2 heterocycles. The molecular weight excluding hydrogens is 550 g/mol. The Kier molecular flexibility index (Phi) is 8.29. The number of amides is 1. The summed E-state index contributed by atoms with van der Waals surface area (Å²) in [6.45, 7) is 8.65. The molecule has 4 N–H and O–H groups in total. The van der Waals surface area contributed by atoms with Crippen molar-refractivity contribution in [2.45, 2.75) is 39.2 Å². The van der Waals surface area contributed by atoms with Crippen molar-refractivity contribution in [3.8, 4) is 5.75 Å². The lowest BCUT2D eigenvalue weighted by molar-refractivity contribution is 0.102. The van der Waals surface area contributed by atoms with Crippen LogP contribution < -0.4 is 30.7 Å². The maximum atomic E-state index is 13.5. The number of hydrogen-bond donors (Lipinski definition) is 4. The van der Waals surface area contributed by atoms with Crippen LogP contribution in [-0.2, 0) is 15.4 Å². The number of carbonyl (C=O) groups is 1. The molecule has 4 rings (SSSR count). The van der Waals surface area contributed by atoms with Crippen molar-refractivity contribution >= 4 is 49.9 Å². The fourth-order valence-electron chi connectivity index (χ4n) is 4.53. The Hall–Kier alpha value is -3.42. The minimum absolute atomic E-state index is 0.0871. The standard InChI is InChI=1S/C27H37N7O4S2/c1-16-9-10-17(11-22(16)34-15-21(30-32-34)23-14-28-26(39-7)33(23)5)25(35)29-19-12-18(27(2,3)4)13-20(24(19)38-6)31-40(8,36)37/h9-13,15,23,30-32H,14H2,1-8H3,(H,29,35). The third kappa shape index (κ3) is 6.31. The SMILES string of the molecule is COc1c(NC(=O)c2ccc(C)c(N3C=C(C4CN=C(SC)N4C)NN3)c2)cc(C(C)(C)C)cc1NS(C)(=O)=O. The van der Waals surface area contributed by atoms with Gasteiger partial charge in [-0.15, -0.1) is 5.53 Å². The molecule has 0 bridgehead atoms. The topological polar surface area (TPSA) is 127 Å². The largest absolute Gasteiger partial charge is 0.492 e. The first-order valence-electron chi connectivity index (χ1n) is 12.7. The molecule has 0 spiro atoms. The first kappa shape index (κ1) is 29.6. The van der Waals surface area contributed by atoms with Crippen LogP contribution in [0.2, 0.25) is 0 Å². The molecule has 2 aliphatic rings. The predicted molar refractivity (Wildman–Crippen MR) is 163 cm³/mol. The third-order valence-corrected chi connectivity index (χ3v) is 8.11. The molecule has 1 amide bonds. The molecule has 0 saturated carbocycles. The number of anilines is 3. The van der Waals surface area contributed by atoms with Crippen molar-refractivity contribution in [1.29, 1.82) is 0 Å². The highest BCUT2D eigenvalue weighted by molar-refractivity contribution is 8.13. The maximum absolute atomic E-state index is 13.5. The van der Waals surface area contributed by atoms with Gasteiger partial charge in [0.05, 0.1) is 48.7 Å². The van der Waals surface area contributed by atoms with Crippen molar-refractivity contribution in [1.82, 2.24) is 15.9 Å². The van der Waals surface area contributed by atoms with Crippen molar-refractivity contribution < 1.29 is 17.9 Å². The van der Waals surface area contributed by atoms with E-state index in [0.717, 1.165) is 33.9 Å². The van der Waals surface area contributed by atoms with E-state index < -0.39 is 10.0 Å². The van der Waals surface area contributed by atoms with Crippen molar-refractivity contribution in [3.63, 3.8) is 0 Å². The molecule has 0 radical (unpaired) electrons. The average Bonchev–Trinajstić information content (AvgIpc) is 3.49. The van der Waals surface area contributed by atoms with Gasteiger partial charge in [0.25, 0.3) is 5.91 Å². The van der Waals surface area contributed by atoms with E-state index in [9.17, 15) is 13.2 Å². The zero-order valence-corrected chi connectivity index (χ0v) is 25.7. The summed E-state index contributed by atoms with van der Waals surface area (Å²) in [6, 6.07) is 9.06. The second-order valence-electron chi connectivity index (χ2n) is 10.8. The van der Waals surface area contributed by atoms with Crippen LogP contribution in [-0.4, -0.2) is 63.6 Å². The van der Waals surface area contributed by atoms with Gasteiger partial charge in [0.1, 0.15) is 0 Å². The number of ether oxygens (including phenoxy) is 1. The van der Waals surface area contributed by atoms with Gasteiger partial charge in [0, 0.05) is 18.8 Å². The first-order valence-corrected chi connectivity index (χ1v) is 15.8. The van der Waals surface area contributed by atoms with E-state index in [4.69, 9.17) is 4.74 Å². The number of carbonyl (C=O) groups excluding carboxylic acids is 1. The highest BCUT2D eigenvalue weighted by Crippen LogP contribution is 2.39. The molecule has 216 valence electrons. The second-order valence-corrected chi connectivity index (χ2v) is 13.4. The van der Waals surface area contributed by atoms with Crippen molar-refractivity contribution in [2.75, 3.05) is 48.3 Å². The second kappa shape index (κ2) is 11.2. The summed E-state index contributed by atoms with van der Waals surface area (Å²) < 4.78 is 32.2. The molecule has 0 aromatic heterocycles. The van der Waals surface area contributed by atoms with Crippen LogP contribution in [0.3, 0.4) is 0 Å². The number of nitrogens with one attached hydrogen (secondary N) is 4. The molecule has 0 saturated heterocycles. The Morgan fingerprint density at radius 1 is 1.20 bits per heavy atom. The summed E-state index contributed by atoms with van der Waals surface area (Å²) in [6.07, 6.45) is 5.06. The van der Waals surface area contributed by atoms with Gasteiger partial charge in [-0.3, -0.25) is 19.5 Å². The lowest BCUT2D eigenvalue weighted by Crippen LogP contribution is -2.41. The number of nitrogens with zero attached hydrogens (tertiary/aromatic N) is 3. The Balaban J connectivity index is 1.63. The lowest BCUT2D eigenvalue weighted by atomic mass is 9.86.